The van der Waals surface area contributed by atoms with E-state index in [2.05, 4.69) is 15.9 Å². The molecule has 0 N–H and O–H groups in total. The summed E-state index contributed by atoms with van der Waals surface area (Å²) < 4.78 is 38.9. The second kappa shape index (κ2) is 9.76. The third-order valence-corrected chi connectivity index (χ3v) is 7.50. The Bertz CT molecular complexity index is 1060. The number of carbonyl (C=O) groups is 2. The van der Waals surface area contributed by atoms with Gasteiger partial charge < -0.3 is 9.47 Å². The zero-order valence-electron chi connectivity index (χ0n) is 16.7. The van der Waals surface area contributed by atoms with Gasteiger partial charge in [0.15, 0.2) is 6.29 Å². The summed E-state index contributed by atoms with van der Waals surface area (Å²) >= 11 is 9.19. The summed E-state index contributed by atoms with van der Waals surface area (Å²) in [4.78, 5) is 26.9. The van der Waals surface area contributed by atoms with Gasteiger partial charge in [-0.1, -0.05) is 27.5 Å². The van der Waals surface area contributed by atoms with Gasteiger partial charge >= 0.3 is 0 Å². The van der Waals surface area contributed by atoms with Gasteiger partial charge in [-0.2, -0.15) is 4.31 Å². The lowest BCUT2D eigenvalue weighted by molar-refractivity contribution is -0.125. The Kier molecular flexibility index (Phi) is 7.51. The first-order valence-corrected chi connectivity index (χ1v) is 11.8. The quantitative estimate of drug-likeness (QED) is 0.384. The van der Waals surface area contributed by atoms with Gasteiger partial charge in [0.2, 0.25) is 15.9 Å². The van der Waals surface area contributed by atoms with Crippen molar-refractivity contribution in [1.82, 2.24) is 4.31 Å². The number of rotatable bonds is 8. The first-order chi connectivity index (χ1) is 14.7. The van der Waals surface area contributed by atoms with Crippen LogP contribution in [-0.4, -0.2) is 57.6 Å². The molecule has 0 aromatic heterocycles. The molecule has 1 unspecified atom stereocenters. The summed E-state index contributed by atoms with van der Waals surface area (Å²) in [6.45, 7) is -0.282. The highest BCUT2D eigenvalue weighted by Crippen LogP contribution is 2.30. The molecule has 0 spiro atoms. The van der Waals surface area contributed by atoms with E-state index < -0.39 is 34.2 Å². The van der Waals surface area contributed by atoms with E-state index in [1.165, 1.54) is 38.5 Å². The third kappa shape index (κ3) is 5.00. The molecule has 1 aliphatic rings. The van der Waals surface area contributed by atoms with Crippen LogP contribution in [0, 0.1) is 0 Å². The number of nitrogens with zero attached hydrogens (tertiary/aromatic N) is 2. The number of methoxy groups -OCH3 is 2. The Balaban J connectivity index is 2.01. The van der Waals surface area contributed by atoms with Gasteiger partial charge in [0, 0.05) is 23.7 Å². The van der Waals surface area contributed by atoms with Crippen LogP contribution < -0.4 is 4.90 Å². The number of imide groups is 1. The van der Waals surface area contributed by atoms with Crippen molar-refractivity contribution in [2.75, 3.05) is 25.7 Å². The monoisotopic (exact) mass is 530 g/mol. The van der Waals surface area contributed by atoms with E-state index in [1.807, 2.05) is 0 Å². The Labute approximate surface area is 193 Å². The van der Waals surface area contributed by atoms with Crippen molar-refractivity contribution >= 4 is 55.1 Å². The van der Waals surface area contributed by atoms with Gasteiger partial charge in [-0.05, 0) is 48.5 Å². The average molecular weight is 532 g/mol. The minimum Gasteiger partial charge on any atom is -0.354 e. The van der Waals surface area contributed by atoms with Crippen molar-refractivity contribution in [2.24, 2.45) is 0 Å². The molecule has 0 saturated carbocycles. The minimum atomic E-state index is -4.18. The first-order valence-electron chi connectivity index (χ1n) is 9.14. The SMILES string of the molecule is COC(CN(C1CC(=O)N(c2ccc(Br)cc2)C1=O)S(=O)(=O)c1ccc(Cl)cc1)OC. The van der Waals surface area contributed by atoms with Gasteiger partial charge in [0.05, 0.1) is 23.5 Å². The van der Waals surface area contributed by atoms with Gasteiger partial charge in [-0.15, -0.1) is 0 Å². The van der Waals surface area contributed by atoms with Crippen molar-refractivity contribution < 1.29 is 27.5 Å². The lowest BCUT2D eigenvalue weighted by Gasteiger charge is -2.29. The van der Waals surface area contributed by atoms with Crippen LogP contribution in [0.25, 0.3) is 0 Å². The molecule has 1 fully saturated rings. The standard InChI is InChI=1S/C20H20BrClN2O6S/c1-29-19(30-2)12-23(31(27,28)16-9-5-14(22)6-10-16)17-11-18(25)24(20(17)26)15-7-3-13(21)4-8-15/h3-10,17,19H,11-12H2,1-2H3. The molecule has 2 aromatic rings. The van der Waals surface area contributed by atoms with E-state index in [0.717, 1.165) is 13.7 Å². The number of benzene rings is 2. The summed E-state index contributed by atoms with van der Waals surface area (Å²) in [7, 11) is -1.46. The smallest absolute Gasteiger partial charge is 0.252 e. The summed E-state index contributed by atoms with van der Waals surface area (Å²) in [6.07, 6.45) is -1.24. The predicted molar refractivity (Wildman–Crippen MR) is 118 cm³/mol. The fourth-order valence-electron chi connectivity index (χ4n) is 3.23. The summed E-state index contributed by atoms with van der Waals surface area (Å²) in [5, 5.41) is 0.366. The Morgan fingerprint density at radius 2 is 1.68 bits per heavy atom. The van der Waals surface area contributed by atoms with Crippen LogP contribution in [0.1, 0.15) is 6.42 Å². The number of anilines is 1. The van der Waals surface area contributed by atoms with Gasteiger partial charge in [-0.25, -0.2) is 13.3 Å². The van der Waals surface area contributed by atoms with E-state index in [9.17, 15) is 18.0 Å². The molecule has 11 heteroatoms. The van der Waals surface area contributed by atoms with Crippen LogP contribution in [-0.2, 0) is 29.1 Å². The molecule has 8 nitrogen and oxygen atoms in total. The Morgan fingerprint density at radius 3 is 2.23 bits per heavy atom. The van der Waals surface area contributed by atoms with Gasteiger partial charge in [0.1, 0.15) is 6.04 Å². The van der Waals surface area contributed by atoms with Crippen molar-refractivity contribution in [2.45, 2.75) is 23.6 Å². The molecule has 1 saturated heterocycles. The number of hydrogen-bond donors (Lipinski definition) is 0. The number of ether oxygens (including phenoxy) is 2. The van der Waals surface area contributed by atoms with Crippen LogP contribution in [0.3, 0.4) is 0 Å². The van der Waals surface area contributed by atoms with Crippen molar-refractivity contribution in [3.05, 3.63) is 58.0 Å². The van der Waals surface area contributed by atoms with E-state index in [0.29, 0.717) is 10.7 Å². The number of hydrogen-bond acceptors (Lipinski definition) is 6. The summed E-state index contributed by atoms with van der Waals surface area (Å²) in [6, 6.07) is 10.9. The molecule has 1 aliphatic heterocycles. The van der Waals surface area contributed by atoms with E-state index in [4.69, 9.17) is 21.1 Å². The molecule has 1 atom stereocenters. The average Bonchev–Trinajstić information content (AvgIpc) is 3.03. The molecular weight excluding hydrogens is 512 g/mol. The zero-order chi connectivity index (χ0) is 22.8. The highest BCUT2D eigenvalue weighted by atomic mass is 79.9. The predicted octanol–water partition coefficient (Wildman–Crippen LogP) is 3.04. The molecule has 3 rings (SSSR count). The lowest BCUT2D eigenvalue weighted by Crippen LogP contribution is -2.49. The van der Waals surface area contributed by atoms with Crippen LogP contribution in [0.5, 0.6) is 0 Å². The maximum absolute atomic E-state index is 13.4. The molecular formula is C20H20BrClN2O6S. The van der Waals surface area contributed by atoms with Crippen LogP contribution in [0.2, 0.25) is 5.02 Å². The highest BCUT2D eigenvalue weighted by Gasteiger charge is 2.47. The lowest BCUT2D eigenvalue weighted by atomic mass is 10.2. The Morgan fingerprint density at radius 1 is 1.10 bits per heavy atom. The third-order valence-electron chi connectivity index (χ3n) is 4.83. The maximum atomic E-state index is 13.4. The topological polar surface area (TPSA) is 93.2 Å². The number of halogens is 2. The molecule has 0 aliphatic carbocycles. The maximum Gasteiger partial charge on any atom is 0.252 e. The van der Waals surface area contributed by atoms with Crippen molar-refractivity contribution in [3.63, 3.8) is 0 Å². The fraction of sp³-hybridized carbons (Fsp3) is 0.300. The second-order valence-corrected chi connectivity index (χ2v) is 9.94. The van der Waals surface area contributed by atoms with E-state index >= 15 is 0 Å². The highest BCUT2D eigenvalue weighted by molar-refractivity contribution is 9.10. The van der Waals surface area contributed by atoms with Crippen molar-refractivity contribution in [1.29, 1.82) is 0 Å². The largest absolute Gasteiger partial charge is 0.354 e. The van der Waals surface area contributed by atoms with Crippen molar-refractivity contribution in [3.8, 4) is 0 Å². The number of sulfonamides is 1. The number of amides is 2. The molecule has 1 heterocycles. The summed E-state index contributed by atoms with van der Waals surface area (Å²) in [5.74, 6) is -1.14. The van der Waals surface area contributed by atoms with E-state index in [-0.39, 0.29) is 17.9 Å². The molecule has 2 aromatic carbocycles. The second-order valence-electron chi connectivity index (χ2n) is 6.69. The van der Waals surface area contributed by atoms with Crippen LogP contribution in [0.15, 0.2) is 57.9 Å². The molecule has 31 heavy (non-hydrogen) atoms. The zero-order valence-corrected chi connectivity index (χ0v) is 19.9. The first kappa shape index (κ1) is 23.8. The summed E-state index contributed by atoms with van der Waals surface area (Å²) in [5.41, 5.74) is 0.361. The van der Waals surface area contributed by atoms with Gasteiger partial charge in [0.25, 0.3) is 5.91 Å². The van der Waals surface area contributed by atoms with Crippen LogP contribution in [0.4, 0.5) is 5.69 Å². The fourth-order valence-corrected chi connectivity index (χ4v) is 5.19. The molecule has 0 bridgehead atoms. The molecule has 2 amide bonds. The number of carbonyl (C=O) groups excluding carboxylic acids is 2. The molecule has 166 valence electrons. The van der Waals surface area contributed by atoms with Crippen LogP contribution >= 0.6 is 27.5 Å². The van der Waals surface area contributed by atoms with Gasteiger partial charge in [-0.3, -0.25) is 9.59 Å². The van der Waals surface area contributed by atoms with E-state index in [1.54, 1.807) is 24.3 Å². The minimum absolute atomic E-state index is 0.0646. The molecule has 0 radical (unpaired) electrons. The Hall–Kier alpha value is -1.82. The normalized spacial score (nSPS) is 17.2.